The second kappa shape index (κ2) is 5.21. The van der Waals surface area contributed by atoms with Gasteiger partial charge >= 0.3 is 0 Å². The van der Waals surface area contributed by atoms with Crippen LogP contribution in [-0.4, -0.2) is 12.5 Å². The van der Waals surface area contributed by atoms with Crippen LogP contribution in [0.15, 0.2) is 48.5 Å². The summed E-state index contributed by atoms with van der Waals surface area (Å²) < 4.78 is 6.60. The highest BCUT2D eigenvalue weighted by Gasteiger charge is 2.25. The molecule has 4 heteroatoms. The lowest BCUT2D eigenvalue weighted by molar-refractivity contribution is 0.0930. The Balaban J connectivity index is 1.78. The van der Waals surface area contributed by atoms with Gasteiger partial charge in [0.25, 0.3) is 5.91 Å². The first-order valence-corrected chi connectivity index (χ1v) is 7.10. The van der Waals surface area contributed by atoms with Crippen LogP contribution in [0.2, 0.25) is 0 Å². The predicted octanol–water partition coefficient (Wildman–Crippen LogP) is 3.15. The van der Waals surface area contributed by atoms with Crippen LogP contribution in [0.1, 0.15) is 22.0 Å². The molecule has 0 fully saturated rings. The maximum absolute atomic E-state index is 12.2. The SMILES string of the molecule is O=C(NC1COc2ccccc21)c1cccc(I)c1. The van der Waals surface area contributed by atoms with E-state index in [1.165, 1.54) is 0 Å². The Morgan fingerprint density at radius 1 is 1.21 bits per heavy atom. The van der Waals surface area contributed by atoms with Gasteiger partial charge in [0.15, 0.2) is 0 Å². The Labute approximate surface area is 125 Å². The summed E-state index contributed by atoms with van der Waals surface area (Å²) in [5.41, 5.74) is 1.72. The highest BCUT2D eigenvalue weighted by molar-refractivity contribution is 14.1. The summed E-state index contributed by atoms with van der Waals surface area (Å²) in [5.74, 6) is 0.791. The lowest BCUT2D eigenvalue weighted by Crippen LogP contribution is -2.29. The number of amides is 1. The van der Waals surface area contributed by atoms with Crippen molar-refractivity contribution in [3.63, 3.8) is 0 Å². The van der Waals surface area contributed by atoms with E-state index in [-0.39, 0.29) is 11.9 Å². The Morgan fingerprint density at radius 3 is 2.89 bits per heavy atom. The normalized spacial score (nSPS) is 16.6. The van der Waals surface area contributed by atoms with Crippen LogP contribution < -0.4 is 10.1 Å². The molecular formula is C15H12INO2. The van der Waals surface area contributed by atoms with E-state index >= 15 is 0 Å². The van der Waals surface area contributed by atoms with Gasteiger partial charge in [0.1, 0.15) is 12.4 Å². The number of ether oxygens (including phenoxy) is 1. The van der Waals surface area contributed by atoms with E-state index in [0.717, 1.165) is 14.9 Å². The Morgan fingerprint density at radius 2 is 2.05 bits per heavy atom. The summed E-state index contributed by atoms with van der Waals surface area (Å²) in [6, 6.07) is 15.3. The fraction of sp³-hybridized carbons (Fsp3) is 0.133. The van der Waals surface area contributed by atoms with Crippen LogP contribution in [0.25, 0.3) is 0 Å². The van der Waals surface area contributed by atoms with Gasteiger partial charge in [-0.25, -0.2) is 0 Å². The molecule has 0 saturated heterocycles. The van der Waals surface area contributed by atoms with Crippen LogP contribution >= 0.6 is 22.6 Å². The summed E-state index contributed by atoms with van der Waals surface area (Å²) in [6.45, 7) is 0.495. The topological polar surface area (TPSA) is 38.3 Å². The van der Waals surface area contributed by atoms with Crippen molar-refractivity contribution < 1.29 is 9.53 Å². The lowest BCUT2D eigenvalue weighted by atomic mass is 10.1. The molecule has 1 amide bonds. The standard InChI is InChI=1S/C15H12INO2/c16-11-5-3-4-10(8-11)15(18)17-13-9-19-14-7-2-1-6-12(13)14/h1-8,13H,9H2,(H,17,18). The van der Waals surface area contributed by atoms with Crippen molar-refractivity contribution in [2.45, 2.75) is 6.04 Å². The summed E-state index contributed by atoms with van der Waals surface area (Å²) in [4.78, 5) is 12.2. The molecule has 2 aromatic carbocycles. The molecule has 0 saturated carbocycles. The summed E-state index contributed by atoms with van der Waals surface area (Å²) in [5, 5.41) is 3.01. The molecule has 0 spiro atoms. The molecule has 0 aromatic heterocycles. The monoisotopic (exact) mass is 365 g/mol. The second-order valence-electron chi connectivity index (χ2n) is 4.39. The average Bonchev–Trinajstić information content (AvgIpc) is 2.82. The molecule has 3 nitrogen and oxygen atoms in total. The van der Waals surface area contributed by atoms with Gasteiger partial charge < -0.3 is 10.1 Å². The molecule has 2 aromatic rings. The van der Waals surface area contributed by atoms with Crippen LogP contribution in [0, 0.1) is 3.57 Å². The fourth-order valence-corrected chi connectivity index (χ4v) is 2.70. The Bertz CT molecular complexity index is 627. The highest BCUT2D eigenvalue weighted by Crippen LogP contribution is 2.31. The lowest BCUT2D eigenvalue weighted by Gasteiger charge is -2.11. The van der Waals surface area contributed by atoms with Crippen molar-refractivity contribution in [3.05, 3.63) is 63.2 Å². The number of carbonyl (C=O) groups is 1. The number of fused-ring (bicyclic) bond motifs is 1. The van der Waals surface area contributed by atoms with E-state index in [1.54, 1.807) is 0 Å². The van der Waals surface area contributed by atoms with Gasteiger partial charge in [0.05, 0.1) is 6.04 Å². The number of hydrogen-bond acceptors (Lipinski definition) is 2. The summed E-state index contributed by atoms with van der Waals surface area (Å²) in [7, 11) is 0. The molecular weight excluding hydrogens is 353 g/mol. The zero-order valence-corrected chi connectivity index (χ0v) is 12.3. The van der Waals surface area contributed by atoms with Crippen LogP contribution in [-0.2, 0) is 0 Å². The van der Waals surface area contributed by atoms with Crippen LogP contribution in [0.4, 0.5) is 0 Å². The first kappa shape index (κ1) is 12.5. The van der Waals surface area contributed by atoms with Crippen molar-refractivity contribution in [2.75, 3.05) is 6.61 Å². The third-order valence-corrected chi connectivity index (χ3v) is 3.76. The first-order chi connectivity index (χ1) is 9.24. The molecule has 96 valence electrons. The third-order valence-electron chi connectivity index (χ3n) is 3.09. The van der Waals surface area contributed by atoms with E-state index in [2.05, 4.69) is 27.9 Å². The quantitative estimate of drug-likeness (QED) is 0.831. The van der Waals surface area contributed by atoms with Gasteiger partial charge in [0, 0.05) is 14.7 Å². The Hall–Kier alpha value is -1.56. The second-order valence-corrected chi connectivity index (χ2v) is 5.63. The summed E-state index contributed by atoms with van der Waals surface area (Å²) >= 11 is 2.20. The molecule has 0 radical (unpaired) electrons. The number of benzene rings is 2. The predicted molar refractivity (Wildman–Crippen MR) is 81.3 cm³/mol. The van der Waals surface area contributed by atoms with Gasteiger partial charge in [-0.05, 0) is 46.9 Å². The van der Waals surface area contributed by atoms with Crippen LogP contribution in [0.5, 0.6) is 5.75 Å². The van der Waals surface area contributed by atoms with Crippen molar-refractivity contribution in [1.29, 1.82) is 0 Å². The van der Waals surface area contributed by atoms with E-state index < -0.39 is 0 Å². The largest absolute Gasteiger partial charge is 0.491 e. The van der Waals surface area contributed by atoms with Crippen molar-refractivity contribution in [2.24, 2.45) is 0 Å². The van der Waals surface area contributed by atoms with E-state index in [9.17, 15) is 4.79 Å². The number of hydrogen-bond donors (Lipinski definition) is 1. The third kappa shape index (κ3) is 2.58. The molecule has 19 heavy (non-hydrogen) atoms. The van der Waals surface area contributed by atoms with Gasteiger partial charge in [-0.2, -0.15) is 0 Å². The van der Waals surface area contributed by atoms with E-state index in [4.69, 9.17) is 4.74 Å². The molecule has 1 atom stereocenters. The van der Waals surface area contributed by atoms with Crippen molar-refractivity contribution in [1.82, 2.24) is 5.32 Å². The number of para-hydroxylation sites is 1. The zero-order chi connectivity index (χ0) is 13.2. The molecule has 1 N–H and O–H groups in total. The molecule has 3 rings (SSSR count). The van der Waals surface area contributed by atoms with Gasteiger partial charge in [-0.3, -0.25) is 4.79 Å². The van der Waals surface area contributed by atoms with Crippen LogP contribution in [0.3, 0.4) is 0 Å². The Kier molecular flexibility index (Phi) is 3.42. The average molecular weight is 365 g/mol. The number of rotatable bonds is 2. The minimum atomic E-state index is -0.0680. The number of halogens is 1. The number of nitrogens with one attached hydrogen (secondary N) is 1. The maximum Gasteiger partial charge on any atom is 0.251 e. The van der Waals surface area contributed by atoms with Crippen molar-refractivity contribution >= 4 is 28.5 Å². The smallest absolute Gasteiger partial charge is 0.251 e. The van der Waals surface area contributed by atoms with Gasteiger partial charge in [0.2, 0.25) is 0 Å². The molecule has 0 aliphatic carbocycles. The minimum Gasteiger partial charge on any atom is -0.491 e. The molecule has 1 aliphatic rings. The fourth-order valence-electron chi connectivity index (χ4n) is 2.15. The molecule has 1 aliphatic heterocycles. The maximum atomic E-state index is 12.2. The molecule has 1 heterocycles. The van der Waals surface area contributed by atoms with Gasteiger partial charge in [-0.1, -0.05) is 24.3 Å². The first-order valence-electron chi connectivity index (χ1n) is 6.02. The van der Waals surface area contributed by atoms with Gasteiger partial charge in [-0.15, -0.1) is 0 Å². The molecule has 1 unspecified atom stereocenters. The zero-order valence-electron chi connectivity index (χ0n) is 10.1. The molecule has 0 bridgehead atoms. The van der Waals surface area contributed by atoms with E-state index in [1.807, 2.05) is 48.5 Å². The van der Waals surface area contributed by atoms with Crippen molar-refractivity contribution in [3.8, 4) is 5.75 Å². The highest BCUT2D eigenvalue weighted by atomic mass is 127. The summed E-state index contributed by atoms with van der Waals surface area (Å²) in [6.07, 6.45) is 0. The number of carbonyl (C=O) groups excluding carboxylic acids is 1. The minimum absolute atomic E-state index is 0.0659. The van der Waals surface area contributed by atoms with E-state index in [0.29, 0.717) is 12.2 Å².